The number of aromatic nitrogens is 4. The van der Waals surface area contributed by atoms with Crippen LogP contribution in [0.5, 0.6) is 0 Å². The summed E-state index contributed by atoms with van der Waals surface area (Å²) in [5, 5.41) is 8.04. The fraction of sp³-hybridized carbons (Fsp3) is 0.231. The highest BCUT2D eigenvalue weighted by atomic mass is 15.4. The van der Waals surface area contributed by atoms with Crippen LogP contribution in [0.4, 0.5) is 5.82 Å². The first-order chi connectivity index (χ1) is 8.83. The molecule has 0 saturated carbocycles. The number of hydrogen-bond donors (Lipinski definition) is 0. The minimum atomic E-state index is 0.354. The van der Waals surface area contributed by atoms with Crippen molar-refractivity contribution in [2.24, 2.45) is 0 Å². The molecule has 0 aliphatic carbocycles. The predicted molar refractivity (Wildman–Crippen MR) is 67.6 cm³/mol. The Morgan fingerprint density at radius 1 is 1.44 bits per heavy atom. The lowest BCUT2D eigenvalue weighted by Crippen LogP contribution is -1.95. The van der Waals surface area contributed by atoms with Crippen LogP contribution in [-0.2, 0) is 6.54 Å². The van der Waals surface area contributed by atoms with Crippen molar-refractivity contribution in [3.63, 3.8) is 0 Å². The van der Waals surface area contributed by atoms with Crippen molar-refractivity contribution in [2.75, 3.05) is 0 Å². The third-order valence-corrected chi connectivity index (χ3v) is 2.24. The SMILES string of the molecule is [C-]#[N+]c1cc(-c2cn(CC#CCC)nn2)ccn1. The van der Waals surface area contributed by atoms with Gasteiger partial charge in [0.25, 0.3) is 5.82 Å². The molecular formula is C13H11N5. The zero-order valence-electron chi connectivity index (χ0n) is 9.96. The van der Waals surface area contributed by atoms with Gasteiger partial charge in [-0.3, -0.25) is 0 Å². The van der Waals surface area contributed by atoms with Crippen LogP contribution in [0.1, 0.15) is 13.3 Å². The van der Waals surface area contributed by atoms with Gasteiger partial charge < -0.3 is 4.85 Å². The van der Waals surface area contributed by atoms with E-state index in [1.807, 2.05) is 13.1 Å². The van der Waals surface area contributed by atoms with E-state index >= 15 is 0 Å². The van der Waals surface area contributed by atoms with E-state index in [2.05, 4.69) is 32.0 Å². The van der Waals surface area contributed by atoms with Gasteiger partial charge in [0, 0.05) is 6.42 Å². The summed E-state index contributed by atoms with van der Waals surface area (Å²) in [7, 11) is 0. The van der Waals surface area contributed by atoms with Crippen molar-refractivity contribution in [1.82, 2.24) is 20.0 Å². The number of rotatable bonds is 2. The average Bonchev–Trinajstić information content (AvgIpc) is 2.88. The fourth-order valence-corrected chi connectivity index (χ4v) is 1.41. The summed E-state index contributed by atoms with van der Waals surface area (Å²) in [5.74, 6) is 6.32. The molecule has 2 aromatic heterocycles. The van der Waals surface area contributed by atoms with Crippen LogP contribution in [0.2, 0.25) is 0 Å². The van der Waals surface area contributed by atoms with Crippen LogP contribution in [0.15, 0.2) is 24.5 Å². The molecule has 0 amide bonds. The Hall–Kier alpha value is -2.66. The average molecular weight is 237 g/mol. The molecule has 88 valence electrons. The molecule has 2 aromatic rings. The molecule has 0 aliphatic rings. The van der Waals surface area contributed by atoms with Gasteiger partial charge in [-0.25, -0.2) is 4.68 Å². The molecule has 0 saturated heterocycles. The molecule has 0 unspecified atom stereocenters. The Bertz CT molecular complexity index is 639. The van der Waals surface area contributed by atoms with E-state index in [1.54, 1.807) is 23.0 Å². The maximum atomic E-state index is 6.92. The number of nitrogens with zero attached hydrogens (tertiary/aromatic N) is 5. The van der Waals surface area contributed by atoms with Gasteiger partial charge >= 0.3 is 0 Å². The van der Waals surface area contributed by atoms with Crippen LogP contribution >= 0.6 is 0 Å². The maximum Gasteiger partial charge on any atom is 0.270 e. The summed E-state index contributed by atoms with van der Waals surface area (Å²) in [4.78, 5) is 7.21. The molecule has 5 nitrogen and oxygen atoms in total. The first-order valence-electron chi connectivity index (χ1n) is 5.53. The zero-order chi connectivity index (χ0) is 12.8. The highest BCUT2D eigenvalue weighted by Crippen LogP contribution is 2.19. The monoisotopic (exact) mass is 237 g/mol. The number of pyridine rings is 1. The van der Waals surface area contributed by atoms with Gasteiger partial charge in [-0.15, -0.1) is 16.0 Å². The van der Waals surface area contributed by atoms with E-state index in [0.717, 1.165) is 17.7 Å². The first kappa shape index (κ1) is 11.8. The van der Waals surface area contributed by atoms with E-state index in [1.165, 1.54) is 0 Å². The highest BCUT2D eigenvalue weighted by Gasteiger charge is 2.04. The largest absolute Gasteiger partial charge is 0.361 e. The third kappa shape index (κ3) is 2.72. The Morgan fingerprint density at radius 3 is 3.11 bits per heavy atom. The van der Waals surface area contributed by atoms with Crippen molar-refractivity contribution in [1.29, 1.82) is 0 Å². The van der Waals surface area contributed by atoms with Crippen LogP contribution in [0, 0.1) is 18.4 Å². The van der Waals surface area contributed by atoms with Crippen molar-refractivity contribution in [3.8, 4) is 23.1 Å². The lowest BCUT2D eigenvalue weighted by atomic mass is 10.2. The quantitative estimate of drug-likeness (QED) is 0.594. The van der Waals surface area contributed by atoms with Crippen LogP contribution in [-0.4, -0.2) is 20.0 Å². The van der Waals surface area contributed by atoms with Gasteiger partial charge in [-0.2, -0.15) is 0 Å². The van der Waals surface area contributed by atoms with E-state index in [-0.39, 0.29) is 0 Å². The predicted octanol–water partition coefficient (Wildman–Crippen LogP) is 2.30. The molecule has 5 heteroatoms. The molecule has 0 aromatic carbocycles. The van der Waals surface area contributed by atoms with E-state index in [4.69, 9.17) is 6.57 Å². The summed E-state index contributed by atoms with van der Waals surface area (Å²) in [6.07, 6.45) is 4.24. The topological polar surface area (TPSA) is 48.0 Å². The molecule has 0 spiro atoms. The van der Waals surface area contributed by atoms with Crippen LogP contribution in [0.25, 0.3) is 16.1 Å². The third-order valence-electron chi connectivity index (χ3n) is 2.24. The second-order valence-corrected chi connectivity index (χ2v) is 3.52. The van der Waals surface area contributed by atoms with E-state index < -0.39 is 0 Å². The van der Waals surface area contributed by atoms with Crippen molar-refractivity contribution in [3.05, 3.63) is 35.9 Å². The first-order valence-corrected chi connectivity index (χ1v) is 5.53. The lowest BCUT2D eigenvalue weighted by Gasteiger charge is -1.94. The molecule has 18 heavy (non-hydrogen) atoms. The summed E-state index contributed by atoms with van der Waals surface area (Å²) < 4.78 is 1.68. The summed E-state index contributed by atoms with van der Waals surface area (Å²) in [6.45, 7) is 9.46. The molecule has 0 radical (unpaired) electrons. The Balaban J connectivity index is 2.21. The Kier molecular flexibility index (Phi) is 3.68. The summed E-state index contributed by atoms with van der Waals surface area (Å²) in [6, 6.07) is 3.50. The van der Waals surface area contributed by atoms with E-state index in [0.29, 0.717) is 12.4 Å². The zero-order valence-corrected chi connectivity index (χ0v) is 9.96. The van der Waals surface area contributed by atoms with Crippen LogP contribution in [0.3, 0.4) is 0 Å². The lowest BCUT2D eigenvalue weighted by molar-refractivity contribution is 0.672. The summed E-state index contributed by atoms with van der Waals surface area (Å²) >= 11 is 0. The molecule has 0 bridgehead atoms. The second kappa shape index (κ2) is 5.60. The Labute approximate surface area is 105 Å². The Morgan fingerprint density at radius 2 is 2.33 bits per heavy atom. The summed E-state index contributed by atoms with van der Waals surface area (Å²) in [5.41, 5.74) is 1.56. The maximum absolute atomic E-state index is 6.92. The van der Waals surface area contributed by atoms with Gasteiger partial charge in [0.2, 0.25) is 0 Å². The van der Waals surface area contributed by atoms with Crippen molar-refractivity contribution < 1.29 is 0 Å². The normalized spacial score (nSPS) is 9.33. The number of hydrogen-bond acceptors (Lipinski definition) is 3. The molecule has 0 aliphatic heterocycles. The van der Waals surface area contributed by atoms with Crippen molar-refractivity contribution >= 4 is 5.82 Å². The fourth-order valence-electron chi connectivity index (χ4n) is 1.41. The van der Waals surface area contributed by atoms with Gasteiger partial charge in [-0.1, -0.05) is 24.6 Å². The minimum absolute atomic E-state index is 0.354. The van der Waals surface area contributed by atoms with Gasteiger partial charge in [0.1, 0.15) is 18.4 Å². The van der Waals surface area contributed by atoms with Crippen molar-refractivity contribution in [2.45, 2.75) is 19.9 Å². The molecular weight excluding hydrogens is 226 g/mol. The van der Waals surface area contributed by atoms with Gasteiger partial charge in [0.05, 0.1) is 6.20 Å². The smallest absolute Gasteiger partial charge is 0.270 e. The molecule has 0 atom stereocenters. The highest BCUT2D eigenvalue weighted by molar-refractivity contribution is 5.61. The molecule has 2 rings (SSSR count). The second-order valence-electron chi connectivity index (χ2n) is 3.52. The van der Waals surface area contributed by atoms with Gasteiger partial charge in [0.15, 0.2) is 0 Å². The molecule has 0 fully saturated rings. The molecule has 2 heterocycles. The minimum Gasteiger partial charge on any atom is -0.361 e. The van der Waals surface area contributed by atoms with Gasteiger partial charge in [-0.05, 0) is 17.7 Å². The molecule has 0 N–H and O–H groups in total. The van der Waals surface area contributed by atoms with Crippen LogP contribution < -0.4 is 0 Å². The van der Waals surface area contributed by atoms with E-state index in [9.17, 15) is 0 Å². The standard InChI is InChI=1S/C13H11N5/c1-3-4-5-8-18-10-12(16-17-18)11-6-7-15-13(9-11)14-2/h6-7,9-10H,3,8H2,1H3.